The van der Waals surface area contributed by atoms with Crippen molar-refractivity contribution in [1.82, 2.24) is 4.90 Å². The van der Waals surface area contributed by atoms with Crippen LogP contribution in [0.1, 0.15) is 19.4 Å². The van der Waals surface area contributed by atoms with Crippen molar-refractivity contribution in [3.8, 4) is 0 Å². The molecule has 4 rings (SSSR count). The molecule has 0 saturated carbocycles. The van der Waals surface area contributed by atoms with Crippen LogP contribution in [0.2, 0.25) is 0 Å². The molecule has 7 heteroatoms. The maximum atomic E-state index is 12.5. The lowest BCUT2D eigenvalue weighted by molar-refractivity contribution is -0.315. The third-order valence-corrected chi connectivity index (χ3v) is 5.10. The Balaban J connectivity index is 1.65. The molecule has 1 aromatic rings. The molecule has 136 valence electrons. The molecule has 4 atom stereocenters. The molecule has 0 bridgehead atoms. The summed E-state index contributed by atoms with van der Waals surface area (Å²) in [6.07, 6.45) is -1.36. The summed E-state index contributed by atoms with van der Waals surface area (Å²) in [5.41, 5.74) is 0.233. The van der Waals surface area contributed by atoms with E-state index < -0.39 is 17.4 Å². The summed E-state index contributed by atoms with van der Waals surface area (Å²) >= 11 is 0. The number of nitrogens with zero attached hydrogens (tertiary/aromatic N) is 1. The molecular formula is C18H23NO6. The van der Waals surface area contributed by atoms with Gasteiger partial charge in [-0.05, 0) is 19.4 Å². The Morgan fingerprint density at radius 1 is 1.24 bits per heavy atom. The lowest BCUT2D eigenvalue weighted by Gasteiger charge is -2.49. The van der Waals surface area contributed by atoms with Crippen LogP contribution in [-0.4, -0.2) is 65.6 Å². The number of benzene rings is 1. The number of ether oxygens (including phenoxy) is 4. The Bertz CT molecular complexity index is 650. The first-order valence-corrected chi connectivity index (χ1v) is 8.52. The van der Waals surface area contributed by atoms with E-state index in [1.807, 2.05) is 44.2 Å². The highest BCUT2D eigenvalue weighted by Crippen LogP contribution is 2.44. The average Bonchev–Trinajstić information content (AvgIpc) is 3.33. The van der Waals surface area contributed by atoms with Crippen LogP contribution in [0.15, 0.2) is 30.3 Å². The van der Waals surface area contributed by atoms with Crippen LogP contribution in [0.3, 0.4) is 0 Å². The molecule has 25 heavy (non-hydrogen) atoms. The Morgan fingerprint density at radius 2 is 2.00 bits per heavy atom. The van der Waals surface area contributed by atoms with Crippen molar-refractivity contribution in [3.05, 3.63) is 35.9 Å². The van der Waals surface area contributed by atoms with Crippen LogP contribution >= 0.6 is 0 Å². The fourth-order valence-corrected chi connectivity index (χ4v) is 3.64. The largest absolute Gasteiger partial charge is 0.447 e. The second-order valence-corrected chi connectivity index (χ2v) is 7.28. The number of amides is 1. The van der Waals surface area contributed by atoms with Gasteiger partial charge in [-0.25, -0.2) is 4.79 Å². The molecule has 0 unspecified atom stereocenters. The lowest BCUT2D eigenvalue weighted by Crippen LogP contribution is -2.67. The SMILES string of the molecule is CC1(C)OC[C@@]2(COC(=O)N2Cc2ccccc2)[C@H]([C@H]2O[C@@H]2CO)O1. The van der Waals surface area contributed by atoms with Gasteiger partial charge >= 0.3 is 6.09 Å². The lowest BCUT2D eigenvalue weighted by atomic mass is 9.87. The highest BCUT2D eigenvalue weighted by molar-refractivity contribution is 5.71. The first-order chi connectivity index (χ1) is 12.0. The summed E-state index contributed by atoms with van der Waals surface area (Å²) in [5, 5.41) is 9.40. The van der Waals surface area contributed by atoms with Gasteiger partial charge in [0.15, 0.2) is 5.79 Å². The molecule has 0 radical (unpaired) electrons. The molecule has 3 aliphatic rings. The molecule has 3 saturated heterocycles. The zero-order valence-corrected chi connectivity index (χ0v) is 14.4. The molecule has 0 aromatic heterocycles. The monoisotopic (exact) mass is 349 g/mol. The van der Waals surface area contributed by atoms with Gasteiger partial charge in [0, 0.05) is 6.54 Å². The van der Waals surface area contributed by atoms with E-state index in [1.54, 1.807) is 4.90 Å². The predicted octanol–water partition coefficient (Wildman–Crippen LogP) is 1.29. The number of aliphatic hydroxyl groups is 1. The quantitative estimate of drug-likeness (QED) is 0.825. The molecule has 3 fully saturated rings. The summed E-state index contributed by atoms with van der Waals surface area (Å²) in [6.45, 7) is 4.47. The number of carbonyl (C=O) groups excluding carboxylic acids is 1. The predicted molar refractivity (Wildman–Crippen MR) is 86.7 cm³/mol. The standard InChI is InChI=1S/C18H23NO6/c1-17(2)23-11-18(15(25-17)14-13(9-20)24-14)10-22-16(21)19(18)8-12-6-4-3-5-7-12/h3-7,13-15,20H,8-11H2,1-2H3/t13-,14+,15+,18+/m1/s1. The summed E-state index contributed by atoms with van der Waals surface area (Å²) < 4.78 is 23.0. The molecule has 3 aliphatic heterocycles. The van der Waals surface area contributed by atoms with E-state index in [-0.39, 0.29) is 31.5 Å². The molecule has 1 amide bonds. The fourth-order valence-electron chi connectivity index (χ4n) is 3.64. The van der Waals surface area contributed by atoms with Crippen LogP contribution < -0.4 is 0 Å². The Labute approximate surface area is 146 Å². The minimum Gasteiger partial charge on any atom is -0.447 e. The number of rotatable bonds is 4. The van der Waals surface area contributed by atoms with Gasteiger partial charge in [-0.2, -0.15) is 0 Å². The minimum absolute atomic E-state index is 0.0740. The number of cyclic esters (lactones) is 1. The van der Waals surface area contributed by atoms with Crippen molar-refractivity contribution >= 4 is 6.09 Å². The van der Waals surface area contributed by atoms with Crippen LogP contribution in [0.25, 0.3) is 0 Å². The van der Waals surface area contributed by atoms with E-state index >= 15 is 0 Å². The number of aliphatic hydroxyl groups excluding tert-OH is 1. The summed E-state index contributed by atoms with van der Waals surface area (Å²) in [4.78, 5) is 14.1. The normalized spacial score (nSPS) is 36.5. The number of epoxide rings is 1. The maximum Gasteiger partial charge on any atom is 0.410 e. The van der Waals surface area contributed by atoms with Gasteiger partial charge in [0.2, 0.25) is 0 Å². The van der Waals surface area contributed by atoms with Crippen molar-refractivity contribution < 1.29 is 28.8 Å². The molecule has 1 aromatic carbocycles. The van der Waals surface area contributed by atoms with Crippen LogP contribution in [0.4, 0.5) is 4.79 Å². The zero-order valence-electron chi connectivity index (χ0n) is 14.4. The average molecular weight is 349 g/mol. The maximum absolute atomic E-state index is 12.5. The van der Waals surface area contributed by atoms with E-state index in [4.69, 9.17) is 18.9 Å². The topological polar surface area (TPSA) is 80.8 Å². The van der Waals surface area contributed by atoms with E-state index in [0.29, 0.717) is 13.2 Å². The van der Waals surface area contributed by atoms with Gasteiger partial charge in [-0.15, -0.1) is 0 Å². The number of hydrogen-bond acceptors (Lipinski definition) is 6. The van der Waals surface area contributed by atoms with Gasteiger partial charge < -0.3 is 24.1 Å². The minimum atomic E-state index is -0.786. The van der Waals surface area contributed by atoms with Gasteiger partial charge in [0.1, 0.15) is 30.5 Å². The first-order valence-electron chi connectivity index (χ1n) is 8.52. The van der Waals surface area contributed by atoms with Crippen LogP contribution in [0, 0.1) is 0 Å². The molecule has 0 aliphatic carbocycles. The summed E-state index contributed by atoms with van der Waals surface area (Å²) in [5.74, 6) is -0.786. The first kappa shape index (κ1) is 16.8. The number of hydrogen-bond donors (Lipinski definition) is 1. The third-order valence-electron chi connectivity index (χ3n) is 5.10. The molecule has 1 spiro atoms. The van der Waals surface area contributed by atoms with Crippen molar-refractivity contribution in [2.24, 2.45) is 0 Å². The molecule has 7 nitrogen and oxygen atoms in total. The summed E-state index contributed by atoms with van der Waals surface area (Å²) in [6, 6.07) is 9.73. The van der Waals surface area contributed by atoms with Crippen LogP contribution in [0.5, 0.6) is 0 Å². The van der Waals surface area contributed by atoms with Crippen LogP contribution in [-0.2, 0) is 25.5 Å². The Kier molecular flexibility index (Phi) is 3.99. The van der Waals surface area contributed by atoms with Gasteiger partial charge in [0.25, 0.3) is 0 Å². The van der Waals surface area contributed by atoms with Crippen molar-refractivity contribution in [1.29, 1.82) is 0 Å². The molecule has 3 heterocycles. The van der Waals surface area contributed by atoms with E-state index in [0.717, 1.165) is 5.56 Å². The van der Waals surface area contributed by atoms with Crippen molar-refractivity contribution in [2.75, 3.05) is 19.8 Å². The highest BCUT2D eigenvalue weighted by atomic mass is 16.7. The third kappa shape index (κ3) is 2.91. The second-order valence-electron chi connectivity index (χ2n) is 7.28. The Morgan fingerprint density at radius 3 is 2.68 bits per heavy atom. The fraction of sp³-hybridized carbons (Fsp3) is 0.611. The molecular weight excluding hydrogens is 326 g/mol. The zero-order chi connectivity index (χ0) is 17.7. The highest BCUT2D eigenvalue weighted by Gasteiger charge is 2.65. The Hall–Kier alpha value is -1.67. The second kappa shape index (κ2) is 5.95. The van der Waals surface area contributed by atoms with Gasteiger partial charge in [0.05, 0.1) is 13.2 Å². The number of carbonyl (C=O) groups is 1. The molecule has 1 N–H and O–H groups in total. The van der Waals surface area contributed by atoms with E-state index in [2.05, 4.69) is 0 Å². The summed E-state index contributed by atoms with van der Waals surface area (Å²) in [7, 11) is 0. The van der Waals surface area contributed by atoms with E-state index in [1.165, 1.54) is 0 Å². The van der Waals surface area contributed by atoms with Gasteiger partial charge in [-0.3, -0.25) is 4.90 Å². The van der Waals surface area contributed by atoms with Gasteiger partial charge in [-0.1, -0.05) is 30.3 Å². The van der Waals surface area contributed by atoms with Crippen molar-refractivity contribution in [2.45, 2.75) is 50.0 Å². The smallest absolute Gasteiger partial charge is 0.410 e. The van der Waals surface area contributed by atoms with E-state index in [9.17, 15) is 9.90 Å². The van der Waals surface area contributed by atoms with Crippen molar-refractivity contribution in [3.63, 3.8) is 0 Å².